The zero-order chi connectivity index (χ0) is 25.0. The zero-order valence-electron chi connectivity index (χ0n) is 21.6. The Balaban J connectivity index is 3.53. The van der Waals surface area contributed by atoms with Gasteiger partial charge in [-0.1, -0.05) is 45.4 Å². The Morgan fingerprint density at radius 3 is 2.42 bits per heavy atom. The first kappa shape index (κ1) is 27.8. The van der Waals surface area contributed by atoms with Crippen molar-refractivity contribution in [1.82, 2.24) is 0 Å². The van der Waals surface area contributed by atoms with Gasteiger partial charge in [-0.2, -0.15) is 5.26 Å². The van der Waals surface area contributed by atoms with Crippen molar-refractivity contribution in [1.29, 1.82) is 5.26 Å². The topological polar surface area (TPSA) is 57.7 Å². The third-order valence-electron chi connectivity index (χ3n) is 5.39. The SMILES string of the molecule is C=C/C(=C\N=C(c1ccc(C#N)cc1O/C(C)=C/C(C)=NC(C)=C(C)C)C(C)CC)CCC. The number of benzene rings is 1. The van der Waals surface area contributed by atoms with E-state index in [1.165, 1.54) is 5.57 Å². The van der Waals surface area contributed by atoms with E-state index >= 15 is 0 Å². The Morgan fingerprint density at radius 2 is 1.88 bits per heavy atom. The summed E-state index contributed by atoms with van der Waals surface area (Å²) in [6.07, 6.45) is 8.58. The van der Waals surface area contributed by atoms with Crippen molar-refractivity contribution in [2.75, 3.05) is 0 Å². The van der Waals surface area contributed by atoms with Gasteiger partial charge in [-0.25, -0.2) is 0 Å². The van der Waals surface area contributed by atoms with Gasteiger partial charge < -0.3 is 4.74 Å². The van der Waals surface area contributed by atoms with Crippen molar-refractivity contribution in [3.05, 3.63) is 76.9 Å². The Hall–Kier alpha value is -3.19. The van der Waals surface area contributed by atoms with Crippen LogP contribution in [0.2, 0.25) is 0 Å². The lowest BCUT2D eigenvalue weighted by molar-refractivity contribution is 0.427. The second-order valence-corrected chi connectivity index (χ2v) is 8.50. The maximum absolute atomic E-state index is 9.45. The van der Waals surface area contributed by atoms with Gasteiger partial charge in [0.05, 0.1) is 17.3 Å². The molecule has 1 atom stereocenters. The van der Waals surface area contributed by atoms with Gasteiger partial charge in [0.25, 0.3) is 0 Å². The molecule has 0 N–H and O–H groups in total. The number of hydrogen-bond donors (Lipinski definition) is 0. The Labute approximate surface area is 200 Å². The molecule has 1 aromatic rings. The molecule has 0 fully saturated rings. The maximum Gasteiger partial charge on any atom is 0.137 e. The summed E-state index contributed by atoms with van der Waals surface area (Å²) in [4.78, 5) is 9.48. The van der Waals surface area contributed by atoms with Crippen molar-refractivity contribution >= 4 is 11.4 Å². The van der Waals surface area contributed by atoms with E-state index in [1.54, 1.807) is 6.07 Å². The summed E-state index contributed by atoms with van der Waals surface area (Å²) in [5.74, 6) is 1.54. The molecule has 0 radical (unpaired) electrons. The summed E-state index contributed by atoms with van der Waals surface area (Å²) < 4.78 is 6.25. The molecule has 1 aromatic carbocycles. The van der Waals surface area contributed by atoms with E-state index in [2.05, 4.69) is 38.4 Å². The summed E-state index contributed by atoms with van der Waals surface area (Å²) in [6, 6.07) is 7.74. The average Bonchev–Trinajstić information content (AvgIpc) is 2.78. The smallest absolute Gasteiger partial charge is 0.137 e. The molecule has 33 heavy (non-hydrogen) atoms. The van der Waals surface area contributed by atoms with Crippen LogP contribution < -0.4 is 4.74 Å². The fourth-order valence-electron chi connectivity index (χ4n) is 3.11. The molecule has 176 valence electrons. The largest absolute Gasteiger partial charge is 0.461 e. The average molecular weight is 446 g/mol. The Morgan fingerprint density at radius 1 is 1.18 bits per heavy atom. The number of aliphatic imine (C=N–C) groups is 2. The van der Waals surface area contributed by atoms with Crippen molar-refractivity contribution < 1.29 is 4.74 Å². The molecule has 0 aromatic heterocycles. The lowest BCUT2D eigenvalue weighted by Gasteiger charge is -2.18. The summed E-state index contributed by atoms with van der Waals surface area (Å²) in [6.45, 7) is 20.3. The van der Waals surface area contributed by atoms with E-state index in [0.29, 0.717) is 17.1 Å². The highest BCUT2D eigenvalue weighted by Gasteiger charge is 2.17. The van der Waals surface area contributed by atoms with Gasteiger partial charge in [0.15, 0.2) is 0 Å². The molecule has 0 heterocycles. The lowest BCUT2D eigenvalue weighted by Crippen LogP contribution is -2.14. The van der Waals surface area contributed by atoms with Crippen molar-refractivity contribution in [2.24, 2.45) is 15.9 Å². The fourth-order valence-corrected chi connectivity index (χ4v) is 3.11. The van der Waals surface area contributed by atoms with E-state index in [0.717, 1.165) is 47.5 Å². The van der Waals surface area contributed by atoms with Crippen LogP contribution in [0.25, 0.3) is 0 Å². The number of rotatable bonds is 11. The van der Waals surface area contributed by atoms with Crippen LogP contribution >= 0.6 is 0 Å². The van der Waals surface area contributed by atoms with Gasteiger partial charge in [-0.15, -0.1) is 0 Å². The normalized spacial score (nSPS) is 13.9. The van der Waals surface area contributed by atoms with Crippen molar-refractivity contribution in [3.63, 3.8) is 0 Å². The van der Waals surface area contributed by atoms with Gasteiger partial charge in [0.1, 0.15) is 11.5 Å². The quantitative estimate of drug-likeness (QED) is 0.195. The maximum atomic E-state index is 9.45. The van der Waals surface area contributed by atoms with E-state index in [9.17, 15) is 5.26 Å². The molecule has 0 aliphatic rings. The van der Waals surface area contributed by atoms with Gasteiger partial charge in [-0.05, 0) is 83.2 Å². The van der Waals surface area contributed by atoms with E-state index in [-0.39, 0.29) is 5.92 Å². The second kappa shape index (κ2) is 14.1. The summed E-state index contributed by atoms with van der Waals surface area (Å²) in [7, 11) is 0. The number of hydrogen-bond acceptors (Lipinski definition) is 4. The van der Waals surface area contributed by atoms with Gasteiger partial charge in [-0.3, -0.25) is 9.98 Å². The number of allylic oxidation sites excluding steroid dienone is 6. The molecule has 0 spiro atoms. The molecule has 0 amide bonds. The highest BCUT2D eigenvalue weighted by atomic mass is 16.5. The van der Waals surface area contributed by atoms with E-state index in [1.807, 2.05) is 65.1 Å². The zero-order valence-corrected chi connectivity index (χ0v) is 21.6. The van der Waals surface area contributed by atoms with E-state index < -0.39 is 0 Å². The Bertz CT molecular complexity index is 1030. The minimum atomic E-state index is 0.220. The molecule has 0 saturated heterocycles. The van der Waals surface area contributed by atoms with Crippen LogP contribution in [0.4, 0.5) is 0 Å². The van der Waals surface area contributed by atoms with Gasteiger partial charge in [0, 0.05) is 23.2 Å². The van der Waals surface area contributed by atoms with Gasteiger partial charge >= 0.3 is 0 Å². The first-order chi connectivity index (χ1) is 15.7. The molecule has 0 aliphatic heterocycles. The fraction of sp³-hybridized carbons (Fsp3) is 0.414. The molecule has 4 heteroatoms. The molecular weight excluding hydrogens is 406 g/mol. The molecule has 1 unspecified atom stereocenters. The predicted molar refractivity (Wildman–Crippen MR) is 142 cm³/mol. The third-order valence-corrected chi connectivity index (χ3v) is 5.39. The highest BCUT2D eigenvalue weighted by Crippen LogP contribution is 2.27. The molecular formula is C29H39N3O. The molecule has 0 aliphatic carbocycles. The number of nitrogens with zero attached hydrogens (tertiary/aromatic N) is 3. The second-order valence-electron chi connectivity index (χ2n) is 8.50. The lowest BCUT2D eigenvalue weighted by atomic mass is 9.94. The summed E-state index contributed by atoms with van der Waals surface area (Å²) in [5, 5.41) is 9.45. The number of ether oxygens (including phenoxy) is 1. The third kappa shape index (κ3) is 9.06. The molecule has 4 nitrogen and oxygen atoms in total. The van der Waals surface area contributed by atoms with Crippen LogP contribution in [-0.2, 0) is 0 Å². The molecule has 0 bridgehead atoms. The standard InChI is InChI=1S/C29H39N3O/c1-10-13-25(12-3)19-31-29(21(6)11-2)27-15-14-26(18-30)17-28(27)33-23(8)16-22(7)32-24(9)20(4)5/h12,14-17,19,21H,3,10-11,13H2,1-2,4-9H3/b23-16+,25-19+,31-29?,32-22?. The monoisotopic (exact) mass is 445 g/mol. The van der Waals surface area contributed by atoms with Crippen LogP contribution in [0.1, 0.15) is 85.8 Å². The van der Waals surface area contributed by atoms with Crippen molar-refractivity contribution in [2.45, 2.75) is 74.7 Å². The summed E-state index contributed by atoms with van der Waals surface area (Å²) in [5.41, 5.74) is 6.50. The summed E-state index contributed by atoms with van der Waals surface area (Å²) >= 11 is 0. The molecule has 1 rings (SSSR count). The number of nitriles is 1. The minimum absolute atomic E-state index is 0.220. The predicted octanol–water partition coefficient (Wildman–Crippen LogP) is 8.32. The Kier molecular flexibility index (Phi) is 11.9. The minimum Gasteiger partial charge on any atom is -0.461 e. The first-order valence-corrected chi connectivity index (χ1v) is 11.7. The van der Waals surface area contributed by atoms with Crippen LogP contribution in [0, 0.1) is 17.2 Å². The van der Waals surface area contributed by atoms with Crippen LogP contribution in [0.5, 0.6) is 5.75 Å². The van der Waals surface area contributed by atoms with Crippen LogP contribution in [-0.4, -0.2) is 11.4 Å². The first-order valence-electron chi connectivity index (χ1n) is 11.7. The van der Waals surface area contributed by atoms with Crippen LogP contribution in [0.15, 0.2) is 75.7 Å². The molecule has 0 saturated carbocycles. The van der Waals surface area contributed by atoms with Crippen LogP contribution in [0.3, 0.4) is 0 Å². The highest BCUT2D eigenvalue weighted by molar-refractivity contribution is 6.05. The van der Waals surface area contributed by atoms with E-state index in [4.69, 9.17) is 9.73 Å². The van der Waals surface area contributed by atoms with Crippen molar-refractivity contribution in [3.8, 4) is 11.8 Å². The van der Waals surface area contributed by atoms with Gasteiger partial charge in [0.2, 0.25) is 0 Å².